The molecule has 0 radical (unpaired) electrons. The predicted octanol–water partition coefficient (Wildman–Crippen LogP) is 4.78. The summed E-state index contributed by atoms with van der Waals surface area (Å²) in [7, 11) is 3.52. The number of anilines is 1. The van der Waals surface area contributed by atoms with E-state index in [9.17, 15) is 19.8 Å². The Morgan fingerprint density at radius 3 is 2.52 bits per heavy atom. The van der Waals surface area contributed by atoms with Crippen molar-refractivity contribution in [3.63, 3.8) is 0 Å². The summed E-state index contributed by atoms with van der Waals surface area (Å²) >= 11 is 13.2. The van der Waals surface area contributed by atoms with Crippen molar-refractivity contribution < 1.29 is 29.3 Å². The Kier molecular flexibility index (Phi) is 9.77. The molecule has 2 heterocycles. The lowest BCUT2D eigenvalue weighted by molar-refractivity contribution is -0.134. The zero-order chi connectivity index (χ0) is 30.0. The molecule has 3 aromatic rings. The number of carbonyl (C=O) groups is 2. The van der Waals surface area contributed by atoms with E-state index in [-0.39, 0.29) is 47.4 Å². The lowest BCUT2D eigenvalue weighted by atomic mass is 9.87. The number of fused-ring (bicyclic) bond motifs is 1. The van der Waals surface area contributed by atoms with Gasteiger partial charge >= 0.3 is 0 Å². The summed E-state index contributed by atoms with van der Waals surface area (Å²) in [5.74, 6) is -0.525. The number of ether oxygens (including phenoxy) is 2. The maximum Gasteiger partial charge on any atom is 0.257 e. The van der Waals surface area contributed by atoms with E-state index >= 15 is 0 Å². The van der Waals surface area contributed by atoms with Gasteiger partial charge in [0, 0.05) is 48.7 Å². The third-order valence-electron chi connectivity index (χ3n) is 8.56. The van der Waals surface area contributed by atoms with Gasteiger partial charge in [-0.3, -0.25) is 9.59 Å². The second kappa shape index (κ2) is 13.3. The van der Waals surface area contributed by atoms with Crippen LogP contribution in [0, 0.1) is 5.92 Å². The van der Waals surface area contributed by atoms with Crippen molar-refractivity contribution in [2.24, 2.45) is 13.0 Å². The molecule has 1 aromatic heterocycles. The van der Waals surface area contributed by atoms with E-state index in [1.165, 1.54) is 0 Å². The molecule has 1 unspecified atom stereocenters. The van der Waals surface area contributed by atoms with Crippen molar-refractivity contribution >= 4 is 51.6 Å². The first-order chi connectivity index (χ1) is 20.1. The van der Waals surface area contributed by atoms with Gasteiger partial charge in [0.05, 0.1) is 47.6 Å². The average Bonchev–Trinajstić information content (AvgIpc) is 3.56. The molecule has 0 bridgehead atoms. The Morgan fingerprint density at radius 2 is 1.81 bits per heavy atom. The SMILES string of the molecule is CO[C@H]1CC(COC2CCC(C(O)O)CC2)N(C(=O)Cc2cc(Cl)c(NC(=O)c3cn(C)c4ccccc34)cc2Cl)C1. The van der Waals surface area contributed by atoms with Crippen LogP contribution in [-0.2, 0) is 27.7 Å². The molecule has 2 atom stereocenters. The first-order valence-electron chi connectivity index (χ1n) is 14.3. The normalized spacial score (nSPS) is 22.7. The van der Waals surface area contributed by atoms with Crippen molar-refractivity contribution in [3.8, 4) is 0 Å². The van der Waals surface area contributed by atoms with Crippen LogP contribution in [0.2, 0.25) is 10.0 Å². The third-order valence-corrected chi connectivity index (χ3v) is 9.23. The molecule has 2 aliphatic rings. The Bertz CT molecular complexity index is 1440. The summed E-state index contributed by atoms with van der Waals surface area (Å²) in [5, 5.41) is 23.2. The number of nitrogens with one attached hydrogen (secondary N) is 1. The average molecular weight is 619 g/mol. The summed E-state index contributed by atoms with van der Waals surface area (Å²) in [4.78, 5) is 28.4. The molecule has 1 aliphatic carbocycles. The quantitative estimate of drug-likeness (QED) is 0.298. The second-order valence-electron chi connectivity index (χ2n) is 11.3. The lowest BCUT2D eigenvalue weighted by Gasteiger charge is -2.31. The van der Waals surface area contributed by atoms with Crippen molar-refractivity contribution in [1.29, 1.82) is 0 Å². The van der Waals surface area contributed by atoms with Gasteiger partial charge in [0.1, 0.15) is 0 Å². The number of nitrogens with zero attached hydrogens (tertiary/aromatic N) is 2. The summed E-state index contributed by atoms with van der Waals surface area (Å²) in [6, 6.07) is 10.7. The molecule has 9 nitrogen and oxygen atoms in total. The minimum absolute atomic E-state index is 0.0310. The van der Waals surface area contributed by atoms with E-state index in [0.29, 0.717) is 54.3 Å². The van der Waals surface area contributed by atoms with Crippen LogP contribution >= 0.6 is 23.2 Å². The number of hydrogen-bond acceptors (Lipinski definition) is 6. The number of hydrogen-bond donors (Lipinski definition) is 3. The van der Waals surface area contributed by atoms with Crippen LogP contribution in [0.15, 0.2) is 42.6 Å². The molecule has 2 amide bonds. The van der Waals surface area contributed by atoms with Gasteiger partial charge in [-0.05, 0) is 55.9 Å². The fraction of sp³-hybridized carbons (Fsp3) is 0.484. The fourth-order valence-corrected chi connectivity index (χ4v) is 6.57. The number of rotatable bonds is 9. The highest BCUT2D eigenvalue weighted by atomic mass is 35.5. The number of carbonyl (C=O) groups excluding carboxylic acids is 2. The predicted molar refractivity (Wildman–Crippen MR) is 162 cm³/mol. The van der Waals surface area contributed by atoms with Crippen LogP contribution in [-0.4, -0.2) is 76.3 Å². The Hall–Kier alpha value is -2.66. The maximum atomic E-state index is 13.5. The number of likely N-dealkylation sites (tertiary alicyclic amines) is 1. The standard InChI is InChI=1S/C31H37Cl2N3O6/c1-35-16-24(23-5-3-4-6-28(23)35)30(38)34-27-14-25(32)19(11-26(27)33)12-29(37)36-15-22(41-2)13-20(36)17-42-21-9-7-18(8-10-21)31(39)40/h3-6,11,14,16,18,20-22,31,39-40H,7-10,12-13,15,17H2,1-2H3,(H,34,38)/t18?,20?,21?,22-/m0/s1. The molecule has 0 spiro atoms. The number of halogens is 2. The van der Waals surface area contributed by atoms with Gasteiger partial charge in [0.25, 0.3) is 5.91 Å². The number of aliphatic hydroxyl groups excluding tert-OH is 1. The molecule has 1 saturated carbocycles. The first-order valence-corrected chi connectivity index (χ1v) is 15.0. The van der Waals surface area contributed by atoms with E-state index in [2.05, 4.69) is 5.32 Å². The summed E-state index contributed by atoms with van der Waals surface area (Å²) in [6.45, 7) is 0.841. The molecule has 2 aromatic carbocycles. The number of amides is 2. The maximum absolute atomic E-state index is 13.5. The first kappa shape index (κ1) is 30.8. The molecular formula is C31H37Cl2N3O6. The van der Waals surface area contributed by atoms with E-state index < -0.39 is 6.29 Å². The minimum Gasteiger partial charge on any atom is -0.380 e. The van der Waals surface area contributed by atoms with Crippen molar-refractivity contribution in [2.75, 3.05) is 25.6 Å². The van der Waals surface area contributed by atoms with Gasteiger partial charge in [-0.2, -0.15) is 0 Å². The zero-order valence-electron chi connectivity index (χ0n) is 23.8. The Labute approximate surface area is 255 Å². The van der Waals surface area contributed by atoms with Crippen LogP contribution in [0.4, 0.5) is 5.69 Å². The Morgan fingerprint density at radius 1 is 1.07 bits per heavy atom. The van der Waals surface area contributed by atoms with Crippen molar-refractivity contribution in [2.45, 2.75) is 63.1 Å². The molecule has 1 saturated heterocycles. The molecule has 1 aliphatic heterocycles. The molecule has 2 fully saturated rings. The van der Waals surface area contributed by atoms with Crippen molar-refractivity contribution in [3.05, 3.63) is 63.8 Å². The third kappa shape index (κ3) is 6.77. The number of methoxy groups -OCH3 is 1. The number of benzene rings is 2. The van der Waals surface area contributed by atoms with Gasteiger partial charge < -0.3 is 34.5 Å². The molecule has 42 heavy (non-hydrogen) atoms. The Balaban J connectivity index is 1.23. The summed E-state index contributed by atoms with van der Waals surface area (Å²) in [6.07, 6.45) is 4.06. The van der Waals surface area contributed by atoms with Crippen LogP contribution in [0.5, 0.6) is 0 Å². The van der Waals surface area contributed by atoms with Gasteiger partial charge in [-0.15, -0.1) is 0 Å². The monoisotopic (exact) mass is 617 g/mol. The van der Waals surface area contributed by atoms with Gasteiger partial charge in [0.15, 0.2) is 6.29 Å². The molecule has 3 N–H and O–H groups in total. The lowest BCUT2D eigenvalue weighted by Crippen LogP contribution is -2.40. The van der Waals surface area contributed by atoms with E-state index in [1.54, 1.807) is 30.3 Å². The molecule has 226 valence electrons. The summed E-state index contributed by atoms with van der Waals surface area (Å²) < 4.78 is 13.6. The number of aryl methyl sites for hydroxylation is 1. The van der Waals surface area contributed by atoms with Crippen LogP contribution in [0.1, 0.15) is 48.0 Å². The van der Waals surface area contributed by atoms with Gasteiger partial charge in [-0.25, -0.2) is 0 Å². The largest absolute Gasteiger partial charge is 0.380 e. The summed E-state index contributed by atoms with van der Waals surface area (Å²) in [5.41, 5.74) is 2.40. The van der Waals surface area contributed by atoms with E-state index in [1.807, 2.05) is 35.9 Å². The highest BCUT2D eigenvalue weighted by Gasteiger charge is 2.36. The number of para-hydroxylation sites is 1. The van der Waals surface area contributed by atoms with E-state index in [4.69, 9.17) is 32.7 Å². The van der Waals surface area contributed by atoms with Crippen LogP contribution in [0.3, 0.4) is 0 Å². The van der Waals surface area contributed by atoms with Crippen LogP contribution < -0.4 is 5.32 Å². The highest BCUT2D eigenvalue weighted by Crippen LogP contribution is 2.33. The highest BCUT2D eigenvalue weighted by molar-refractivity contribution is 6.36. The smallest absolute Gasteiger partial charge is 0.257 e. The number of aliphatic hydroxyl groups is 2. The van der Waals surface area contributed by atoms with Crippen molar-refractivity contribution in [1.82, 2.24) is 9.47 Å². The van der Waals surface area contributed by atoms with Crippen LogP contribution in [0.25, 0.3) is 10.9 Å². The topological polar surface area (TPSA) is 113 Å². The molecule has 11 heteroatoms. The number of aromatic nitrogens is 1. The fourth-order valence-electron chi connectivity index (χ4n) is 6.10. The van der Waals surface area contributed by atoms with Gasteiger partial charge in [0.2, 0.25) is 5.91 Å². The van der Waals surface area contributed by atoms with Gasteiger partial charge in [-0.1, -0.05) is 41.4 Å². The molecular weight excluding hydrogens is 581 g/mol. The van der Waals surface area contributed by atoms with E-state index in [0.717, 1.165) is 23.7 Å². The second-order valence-corrected chi connectivity index (χ2v) is 12.1. The minimum atomic E-state index is -1.29. The molecule has 5 rings (SSSR count). The zero-order valence-corrected chi connectivity index (χ0v) is 25.3.